The first-order chi connectivity index (χ1) is 11.2. The Morgan fingerprint density at radius 2 is 1.83 bits per heavy atom. The Morgan fingerprint density at radius 1 is 1.12 bits per heavy atom. The molecular formula is C17H27N5O2. The molecule has 24 heavy (non-hydrogen) atoms. The maximum atomic E-state index is 5.88. The van der Waals surface area contributed by atoms with Gasteiger partial charge in [-0.2, -0.15) is 10.1 Å². The first-order valence-electron chi connectivity index (χ1n) is 8.04. The monoisotopic (exact) mass is 333 g/mol. The van der Waals surface area contributed by atoms with E-state index in [0.717, 1.165) is 5.75 Å². The Kier molecular flexibility index (Phi) is 5.33. The molecule has 2 rings (SSSR count). The van der Waals surface area contributed by atoms with Gasteiger partial charge in [-0.05, 0) is 57.4 Å². The van der Waals surface area contributed by atoms with E-state index < -0.39 is 5.66 Å². The van der Waals surface area contributed by atoms with Crippen molar-refractivity contribution in [2.45, 2.75) is 46.7 Å². The van der Waals surface area contributed by atoms with Crippen molar-refractivity contribution in [3.05, 3.63) is 28.8 Å². The molecule has 0 radical (unpaired) electrons. The van der Waals surface area contributed by atoms with Crippen LogP contribution in [0.15, 0.2) is 22.1 Å². The molecule has 0 spiro atoms. The van der Waals surface area contributed by atoms with E-state index in [-0.39, 0.29) is 11.9 Å². The Labute approximate surface area is 143 Å². The number of aryl methyl sites for hydroxylation is 2. The minimum Gasteiger partial charge on any atom is -0.493 e. The summed E-state index contributed by atoms with van der Waals surface area (Å²) in [5, 5.41) is 1.48. The first-order valence-corrected chi connectivity index (χ1v) is 8.04. The molecule has 1 aliphatic heterocycles. The third-order valence-electron chi connectivity index (χ3n) is 3.85. The predicted octanol–water partition coefficient (Wildman–Crippen LogP) is 1.99. The van der Waals surface area contributed by atoms with E-state index >= 15 is 0 Å². The molecule has 1 aliphatic rings. The third kappa shape index (κ3) is 4.17. The van der Waals surface area contributed by atoms with Crippen molar-refractivity contribution in [1.82, 2.24) is 5.06 Å². The highest BCUT2D eigenvalue weighted by Crippen LogP contribution is 2.23. The van der Waals surface area contributed by atoms with Crippen molar-refractivity contribution < 1.29 is 9.57 Å². The maximum Gasteiger partial charge on any atom is 0.226 e. The van der Waals surface area contributed by atoms with Crippen molar-refractivity contribution >= 4 is 11.9 Å². The van der Waals surface area contributed by atoms with Crippen molar-refractivity contribution in [3.8, 4) is 5.75 Å². The fraction of sp³-hybridized carbons (Fsp3) is 0.529. The quantitative estimate of drug-likeness (QED) is 0.776. The van der Waals surface area contributed by atoms with Gasteiger partial charge in [0.2, 0.25) is 11.9 Å². The van der Waals surface area contributed by atoms with Crippen LogP contribution in [0, 0.1) is 20.8 Å². The van der Waals surface area contributed by atoms with E-state index in [1.165, 1.54) is 21.8 Å². The van der Waals surface area contributed by atoms with Gasteiger partial charge in [0.15, 0.2) is 5.66 Å². The van der Waals surface area contributed by atoms with Gasteiger partial charge >= 0.3 is 0 Å². The lowest BCUT2D eigenvalue weighted by Gasteiger charge is -2.36. The zero-order valence-corrected chi connectivity index (χ0v) is 15.1. The Morgan fingerprint density at radius 3 is 2.50 bits per heavy atom. The fourth-order valence-electron chi connectivity index (χ4n) is 2.57. The van der Waals surface area contributed by atoms with Crippen LogP contribution in [-0.4, -0.2) is 35.9 Å². The van der Waals surface area contributed by atoms with E-state index in [2.05, 4.69) is 42.9 Å². The summed E-state index contributed by atoms with van der Waals surface area (Å²) in [5.41, 5.74) is 14.4. The molecule has 0 saturated heterocycles. The number of nitrogens with zero attached hydrogens (tertiary/aromatic N) is 3. The molecule has 1 aromatic carbocycles. The lowest BCUT2D eigenvalue weighted by atomic mass is 10.1. The minimum absolute atomic E-state index is 0.158. The highest BCUT2D eigenvalue weighted by atomic mass is 16.7. The maximum absolute atomic E-state index is 5.88. The van der Waals surface area contributed by atoms with Crippen molar-refractivity contribution in [1.29, 1.82) is 0 Å². The summed E-state index contributed by atoms with van der Waals surface area (Å²) in [7, 11) is 0. The van der Waals surface area contributed by atoms with Gasteiger partial charge in [-0.15, -0.1) is 0 Å². The van der Waals surface area contributed by atoms with Gasteiger partial charge in [-0.3, -0.25) is 4.84 Å². The van der Waals surface area contributed by atoms with Crippen LogP contribution < -0.4 is 16.2 Å². The highest BCUT2D eigenvalue weighted by Gasteiger charge is 2.32. The van der Waals surface area contributed by atoms with Gasteiger partial charge in [0.1, 0.15) is 5.75 Å². The average Bonchev–Trinajstić information content (AvgIpc) is 2.44. The normalized spacial score (nSPS) is 16.6. The summed E-state index contributed by atoms with van der Waals surface area (Å²) in [6.07, 6.45) is 0.714. The smallest absolute Gasteiger partial charge is 0.226 e. The molecule has 1 aromatic rings. The van der Waals surface area contributed by atoms with Crippen molar-refractivity contribution in [2.24, 2.45) is 21.5 Å². The summed E-state index contributed by atoms with van der Waals surface area (Å²) in [5.74, 6) is 1.29. The number of guanidine groups is 2. The van der Waals surface area contributed by atoms with E-state index in [4.69, 9.17) is 21.0 Å². The molecular weight excluding hydrogens is 306 g/mol. The lowest BCUT2D eigenvalue weighted by molar-refractivity contribution is -0.158. The topological polar surface area (TPSA) is 98.5 Å². The Balaban J connectivity index is 1.83. The summed E-state index contributed by atoms with van der Waals surface area (Å²) in [4.78, 5) is 13.9. The number of hydrogen-bond donors (Lipinski definition) is 2. The molecule has 0 aromatic heterocycles. The van der Waals surface area contributed by atoms with Gasteiger partial charge in [-0.25, -0.2) is 4.99 Å². The molecule has 7 nitrogen and oxygen atoms in total. The van der Waals surface area contributed by atoms with Crippen LogP contribution in [0.3, 0.4) is 0 Å². The Bertz CT molecular complexity index is 667. The number of ether oxygens (including phenoxy) is 1. The molecule has 4 N–H and O–H groups in total. The summed E-state index contributed by atoms with van der Waals surface area (Å²) in [6.45, 7) is 10.9. The van der Waals surface area contributed by atoms with Crippen LogP contribution in [0.1, 0.15) is 37.0 Å². The second-order valence-electron chi connectivity index (χ2n) is 6.47. The largest absolute Gasteiger partial charge is 0.493 e. The van der Waals surface area contributed by atoms with Crippen LogP contribution in [-0.2, 0) is 4.84 Å². The van der Waals surface area contributed by atoms with Crippen LogP contribution in [0.25, 0.3) is 0 Å². The number of rotatable bonds is 6. The zero-order valence-electron chi connectivity index (χ0n) is 15.1. The van der Waals surface area contributed by atoms with Gasteiger partial charge in [-0.1, -0.05) is 6.07 Å². The van der Waals surface area contributed by atoms with E-state index in [0.29, 0.717) is 19.6 Å². The fourth-order valence-corrected chi connectivity index (χ4v) is 2.57. The predicted molar refractivity (Wildman–Crippen MR) is 95.9 cm³/mol. The number of benzene rings is 1. The summed E-state index contributed by atoms with van der Waals surface area (Å²) in [6, 6.07) is 4.21. The third-order valence-corrected chi connectivity index (χ3v) is 3.85. The second kappa shape index (κ2) is 7.09. The van der Waals surface area contributed by atoms with Gasteiger partial charge in [0.05, 0.1) is 13.2 Å². The molecule has 7 heteroatoms. The van der Waals surface area contributed by atoms with Crippen LogP contribution in [0.4, 0.5) is 0 Å². The SMILES string of the molecule is Cc1cc(C)c(C)c(OCCCON2C(N)=NC(N)=NC2(C)C)c1. The van der Waals surface area contributed by atoms with Gasteiger partial charge in [0.25, 0.3) is 0 Å². The summed E-state index contributed by atoms with van der Waals surface area (Å²) < 4.78 is 5.88. The van der Waals surface area contributed by atoms with E-state index in [9.17, 15) is 0 Å². The van der Waals surface area contributed by atoms with Gasteiger partial charge in [0, 0.05) is 6.42 Å². The van der Waals surface area contributed by atoms with Crippen molar-refractivity contribution in [3.63, 3.8) is 0 Å². The molecule has 0 fully saturated rings. The van der Waals surface area contributed by atoms with Crippen LogP contribution >= 0.6 is 0 Å². The molecule has 1 heterocycles. The molecule has 132 valence electrons. The minimum atomic E-state index is -0.680. The second-order valence-corrected chi connectivity index (χ2v) is 6.47. The Hall–Kier alpha value is -2.28. The highest BCUT2D eigenvalue weighted by molar-refractivity contribution is 5.95. The number of hydroxylamine groups is 2. The molecule has 0 amide bonds. The molecule has 0 bridgehead atoms. The van der Waals surface area contributed by atoms with Crippen molar-refractivity contribution in [2.75, 3.05) is 13.2 Å². The number of aliphatic imine (C=N–C) groups is 2. The lowest BCUT2D eigenvalue weighted by Crippen LogP contribution is -2.53. The molecule has 0 aliphatic carbocycles. The number of nitrogens with two attached hydrogens (primary N) is 2. The standard InChI is InChI=1S/C17H27N5O2/c1-11-9-12(2)13(3)14(10-11)23-7-6-8-24-22-16(19)20-15(18)21-17(22,4)5/h9-10H,6-8H2,1-5H3,(H4,18,19,20,21). The summed E-state index contributed by atoms with van der Waals surface area (Å²) >= 11 is 0. The molecule has 0 saturated carbocycles. The zero-order chi connectivity index (χ0) is 17.9. The van der Waals surface area contributed by atoms with Crippen LogP contribution in [0.5, 0.6) is 5.75 Å². The van der Waals surface area contributed by atoms with E-state index in [1.807, 2.05) is 13.8 Å². The van der Waals surface area contributed by atoms with Gasteiger partial charge < -0.3 is 16.2 Å². The molecule has 0 unspecified atom stereocenters. The van der Waals surface area contributed by atoms with E-state index in [1.54, 1.807) is 0 Å². The number of hydrogen-bond acceptors (Lipinski definition) is 7. The van der Waals surface area contributed by atoms with Crippen LogP contribution in [0.2, 0.25) is 0 Å². The first kappa shape index (κ1) is 18.1. The average molecular weight is 333 g/mol. The molecule has 0 atom stereocenters.